The van der Waals surface area contributed by atoms with Crippen molar-refractivity contribution in [3.63, 3.8) is 0 Å². The highest BCUT2D eigenvalue weighted by molar-refractivity contribution is 5.04. The van der Waals surface area contributed by atoms with Gasteiger partial charge in [0.1, 0.15) is 232 Å². The smallest absolute Gasteiger partial charge is 0.211 e. The van der Waals surface area contributed by atoms with Crippen LogP contribution >= 0.6 is 0 Å². The molecule has 0 radical (unpaired) electrons. The van der Waals surface area contributed by atoms with E-state index in [9.17, 15) is 128 Å². The second kappa shape index (κ2) is 41.4. The second-order valence-corrected chi connectivity index (χ2v) is 28.6. The predicted octanol–water partition coefficient (Wildman–Crippen LogP) is -21.4. The highest BCUT2D eigenvalue weighted by atomic mass is 16.8. The highest BCUT2D eigenvalue weighted by Gasteiger charge is 2.62. The van der Waals surface area contributed by atoms with E-state index in [1.54, 1.807) is 0 Å². The molecule has 51 heteroatoms. The van der Waals surface area contributed by atoms with Gasteiger partial charge in [-0.1, -0.05) is 0 Å². The first kappa shape index (κ1) is 81.6. The van der Waals surface area contributed by atoms with Gasteiger partial charge in [0.15, 0.2) is 62.9 Å². The highest BCUT2D eigenvalue weighted by Crippen LogP contribution is 2.41. The van der Waals surface area contributed by atoms with E-state index < -0.39 is 393 Å². The van der Waals surface area contributed by atoms with Crippen LogP contribution in [0.3, 0.4) is 0 Å². The van der Waals surface area contributed by atoms with Gasteiger partial charge in [0.05, 0.1) is 69.2 Å². The van der Waals surface area contributed by atoms with Gasteiger partial charge in [-0.25, -0.2) is 0 Å². The standard InChI is InChI=1S/C63H108O51/c1-95-54-36(86)30(80)46(20(10-70)102-54)108-61-43(93)52(27(77)18(8-68)99-61)114-59-40(90)34(84)49(23(13-73)105-59)109-62-42(92)51(26(76)17(7-67)100-62)112-56-37(87)31(81)45(15(97-56)3-5-65)106-60-41(91)50(25(75)14(96-60)2-4-64)111-57-39(89)33(83)48(22(12-72)104-57)110-63-44(94)53(28(78)19(9-69)101-63)113-58-38(88)32(82)47(21(11-71)103-58)107-55-35(85)29(79)24(74)16(6-66)98-55/h14-94H,2-13H2,1H3/t14-,15-,16-,17-,18-,19-,20-,21-,22-,23-,24-,25-,26-,27-,28-,29+,30-,31-,32-,33-,34-,35-,36-,37-,38-,39-,40-,41-,42-,43-,44-,45-,46-,47-,48-,49-,50+,51+,52+,53+,54-,55+,56+,57+,58+,59+,60+,61+,62+,63+/m1/s1/i1D3,64D,65D,75D,81D,87D,91D. The molecule has 114 heavy (non-hydrogen) atoms. The summed E-state index contributed by atoms with van der Waals surface area (Å²) >= 11 is 0. The first-order chi connectivity index (χ1) is 58.5. The van der Waals surface area contributed by atoms with Gasteiger partial charge >= 0.3 is 0 Å². The van der Waals surface area contributed by atoms with Gasteiger partial charge in [-0.3, -0.25) is 0 Å². The van der Waals surface area contributed by atoms with Crippen molar-refractivity contribution in [2.24, 2.45) is 0 Å². The van der Waals surface area contributed by atoms with Crippen LogP contribution in [-0.4, -0.2) is 547 Å². The van der Waals surface area contributed by atoms with E-state index in [0.717, 1.165) is 0 Å². The lowest BCUT2D eigenvalue weighted by atomic mass is 9.93. The monoisotopic (exact) mass is 1690 g/mol. The third-order valence-corrected chi connectivity index (χ3v) is 21.3. The minimum Gasteiger partial charge on any atom is -0.396 e. The molecule has 10 heterocycles. The third-order valence-electron chi connectivity index (χ3n) is 21.3. The fourth-order valence-corrected chi connectivity index (χ4v) is 14.9. The Kier molecular flexibility index (Phi) is 29.7. The Hall–Kier alpha value is -2.04. The first-order valence-corrected chi connectivity index (χ1v) is 36.3. The molecule has 10 aliphatic heterocycles. The Morgan fingerprint density at radius 3 is 0.772 bits per heavy atom. The van der Waals surface area contributed by atoms with Crippen LogP contribution in [0.4, 0.5) is 0 Å². The molecule has 666 valence electrons. The summed E-state index contributed by atoms with van der Waals surface area (Å²) in [5, 5.41) is 304. The van der Waals surface area contributed by atoms with Crippen molar-refractivity contribution in [3.05, 3.63) is 0 Å². The van der Waals surface area contributed by atoms with Gasteiger partial charge in [0.2, 0.25) is 8.59 Å². The van der Waals surface area contributed by atoms with Crippen molar-refractivity contribution >= 4 is 0 Å². The van der Waals surface area contributed by atoms with E-state index in [4.69, 9.17) is 123 Å². The maximum atomic E-state index is 12.0. The number of ether oxygens (including phenoxy) is 20. The molecule has 0 aromatic rings. The van der Waals surface area contributed by atoms with Gasteiger partial charge in [0, 0.05) is 20.3 Å². The topological polar surface area (TPSA) is 812 Å². The average molecular weight is 1690 g/mol. The Morgan fingerprint density at radius 1 is 0.211 bits per heavy atom. The van der Waals surface area contributed by atoms with Gasteiger partial charge in [-0.15, -0.1) is 0 Å². The molecule has 0 amide bonds. The lowest BCUT2D eigenvalue weighted by Gasteiger charge is -2.50. The summed E-state index contributed by atoms with van der Waals surface area (Å²) in [6, 6.07) is 0. The minimum absolute atomic E-state index is 0.443. The van der Waals surface area contributed by atoms with Crippen LogP contribution in [0, 0.1) is 0 Å². The molecule has 0 spiro atoms. The summed E-state index contributed by atoms with van der Waals surface area (Å²) in [6.45, 7) is -9.85. The van der Waals surface area contributed by atoms with Crippen molar-refractivity contribution in [1.29, 1.82) is 8.59 Å². The number of aliphatic hydroxyl groups is 31. The van der Waals surface area contributed by atoms with Crippen LogP contribution in [0.15, 0.2) is 0 Å². The summed E-state index contributed by atoms with van der Waals surface area (Å²) < 4.78 is 185. The average Bonchev–Trinajstić information content (AvgIpc) is 0.765. The molecular formula is C63H108O51. The molecule has 50 atom stereocenters. The van der Waals surface area contributed by atoms with Crippen LogP contribution in [0.2, 0.25) is 0 Å². The van der Waals surface area contributed by atoms with Crippen molar-refractivity contribution in [3.8, 4) is 0 Å². The third kappa shape index (κ3) is 19.6. The fraction of sp³-hybridized carbons (Fsp3) is 1.00. The summed E-state index contributed by atoms with van der Waals surface area (Å²) in [6.07, 6.45) is -104. The molecule has 0 unspecified atom stereocenters. The molecule has 0 aromatic heterocycles. The van der Waals surface area contributed by atoms with E-state index >= 15 is 0 Å². The van der Waals surface area contributed by atoms with Gasteiger partial charge in [-0.05, 0) is 12.8 Å². The molecule has 51 nitrogen and oxygen atoms in total. The normalized spacial score (nSPS) is 53.8. The minimum atomic E-state index is -3.18. The molecule has 10 rings (SSSR count). The number of methoxy groups -OCH3 is 1. The van der Waals surface area contributed by atoms with Gasteiger partial charge < -0.3 is 253 Å². The van der Waals surface area contributed by atoms with E-state index in [-0.39, 0.29) is 0 Å². The van der Waals surface area contributed by atoms with Crippen LogP contribution in [0.1, 0.15) is 17.0 Å². The first-order valence-electron chi connectivity index (χ1n) is 40.2. The number of aliphatic hydroxyl groups excluding tert-OH is 31. The summed E-state index contributed by atoms with van der Waals surface area (Å²) in [5.74, 6) is 0. The van der Waals surface area contributed by atoms with Crippen molar-refractivity contribution in [2.45, 2.75) is 320 Å². The Labute approximate surface area is 657 Å². The summed E-state index contributed by atoms with van der Waals surface area (Å²) in [4.78, 5) is 0. The molecule has 10 saturated heterocycles. The number of hydrogen-bond acceptors (Lipinski definition) is 51. The van der Waals surface area contributed by atoms with Crippen molar-refractivity contribution in [2.75, 3.05) is 73.1 Å². The van der Waals surface area contributed by atoms with Gasteiger partial charge in [-0.2, -0.15) is 0 Å². The van der Waals surface area contributed by atoms with Crippen LogP contribution in [0.5, 0.6) is 0 Å². The lowest BCUT2D eigenvalue weighted by Crippen LogP contribution is -2.68. The molecular weight excluding hydrogens is 1570 g/mol. The molecule has 0 aliphatic carbocycles. The summed E-state index contributed by atoms with van der Waals surface area (Å²) in [7, 11) is -3.18. The maximum Gasteiger partial charge on any atom is 0.211 e. The van der Waals surface area contributed by atoms with Crippen LogP contribution < -0.4 is 0 Å². The molecule has 0 aromatic carbocycles. The van der Waals surface area contributed by atoms with Crippen molar-refractivity contribution < 1.29 is 257 Å². The Balaban J connectivity index is 0.812. The quantitative estimate of drug-likeness (QED) is 0.0275. The summed E-state index contributed by atoms with van der Waals surface area (Å²) in [5.41, 5.74) is 0. The Morgan fingerprint density at radius 2 is 0.447 bits per heavy atom. The Bertz CT molecular complexity index is 3090. The van der Waals surface area contributed by atoms with Crippen molar-refractivity contribution in [1.82, 2.24) is 0 Å². The maximum absolute atomic E-state index is 12.0. The van der Waals surface area contributed by atoms with E-state index in [1.807, 2.05) is 0 Å². The largest absolute Gasteiger partial charge is 0.396 e. The fourth-order valence-electron chi connectivity index (χ4n) is 14.9. The molecule has 31 N–H and O–H groups in total. The van der Waals surface area contributed by atoms with Crippen LogP contribution in [-0.2, 0) is 94.7 Å². The molecule has 0 saturated carbocycles. The number of rotatable bonds is 37. The van der Waals surface area contributed by atoms with E-state index in [2.05, 4.69) is 15.0 Å². The van der Waals surface area contributed by atoms with E-state index in [1.165, 1.54) is 0 Å². The number of hydrogen-bond donors (Lipinski definition) is 31. The zero-order chi connectivity index (χ0) is 90.2. The zero-order valence-electron chi connectivity index (χ0n) is 68.6. The zero-order valence-corrected chi connectivity index (χ0v) is 59.6. The molecule has 10 aliphatic rings. The molecule has 0 bridgehead atoms. The SMILES string of the molecule is [2H]OCC[C@H]1O[C@@H](O[C@H]2[C@H](O[2H])[C@@H](O[2H])[C@H](O[C@@H]3[C@@H](O)[C@H](O[C@H]4[C@H](O)[C@@H](O)[C@H](O[C@@H]5[C@@H](O)[C@H](O[C@H]6[C@H](O)[C@@H](O)[C@H](OC([2H])([2H])[2H])O[C@@H]6CO)O[C@H](CO)[C@H]5O)O[C@@H]4CO)O[C@H](CO)[C@H]3O)O[C@@H]2CCO[2H])[C@H](O[2H])[C@@H](O[C@@H]2O[C@H](CO)[C@@H](O[C@@H]3O[C@H](CO)[C@@H](O)[C@H](O[C@@H]4O[C@H](CO)[C@@H](O[C@@H]5O[C@H](CO)[C@@H](O)[C@H](O)[C@H]5O)[C@H](O)[C@H]4O)[C@H]3O)[C@H](O)[C@H]2O)[C@@H]1O[2H]. The second-order valence-electron chi connectivity index (χ2n) is 28.6. The van der Waals surface area contributed by atoms with Gasteiger partial charge in [0.25, 0.3) is 0 Å². The molecule has 10 fully saturated rings. The lowest BCUT2D eigenvalue weighted by molar-refractivity contribution is -0.401. The van der Waals surface area contributed by atoms with Crippen LogP contribution in [0.25, 0.3) is 0 Å². The predicted molar refractivity (Wildman–Crippen MR) is 344 cm³/mol. The van der Waals surface area contributed by atoms with E-state index in [0.29, 0.717) is 0 Å².